The monoisotopic (exact) mass is 499 g/mol. The number of amides is 2. The molecule has 0 bridgehead atoms. The molecule has 4 aromatic rings. The number of hydrogen-bond acceptors (Lipinski definition) is 7. The van der Waals surface area contributed by atoms with Crippen LogP contribution in [-0.4, -0.2) is 61.3 Å². The van der Waals surface area contributed by atoms with Crippen LogP contribution in [0.2, 0.25) is 0 Å². The number of nitrogen functional groups attached to an aromatic ring is 1. The van der Waals surface area contributed by atoms with Crippen molar-refractivity contribution in [2.24, 2.45) is 7.05 Å². The lowest BCUT2D eigenvalue weighted by Crippen LogP contribution is -2.54. The predicted molar refractivity (Wildman–Crippen MR) is 122 cm³/mol. The molecule has 186 valence electrons. The molecule has 1 aliphatic rings. The van der Waals surface area contributed by atoms with Crippen LogP contribution in [0.1, 0.15) is 21.6 Å². The van der Waals surface area contributed by atoms with Crippen LogP contribution in [0.15, 0.2) is 42.7 Å². The normalized spacial score (nSPS) is 14.6. The average Bonchev–Trinajstić information content (AvgIpc) is 3.25. The Morgan fingerprint density at radius 3 is 2.69 bits per heavy atom. The van der Waals surface area contributed by atoms with Gasteiger partial charge in [-0.2, -0.15) is 18.3 Å². The van der Waals surface area contributed by atoms with Crippen molar-refractivity contribution in [3.63, 3.8) is 0 Å². The van der Waals surface area contributed by atoms with Gasteiger partial charge in [0, 0.05) is 24.2 Å². The first-order chi connectivity index (χ1) is 17.1. The third kappa shape index (κ3) is 4.17. The molecule has 0 spiro atoms. The molecule has 0 radical (unpaired) electrons. The molecule has 0 aliphatic carbocycles. The Morgan fingerprint density at radius 1 is 1.19 bits per heavy atom. The Balaban J connectivity index is 1.55. The van der Waals surface area contributed by atoms with Crippen LogP contribution < -0.4 is 5.73 Å². The van der Waals surface area contributed by atoms with E-state index in [9.17, 15) is 22.8 Å². The lowest BCUT2D eigenvalue weighted by molar-refractivity contribution is -0.160. The number of ether oxygens (including phenoxy) is 1. The Hall–Kier alpha value is -4.26. The fraction of sp³-hybridized carbons (Fsp3) is 0.261. The van der Waals surface area contributed by atoms with Gasteiger partial charge in [-0.3, -0.25) is 19.3 Å². The van der Waals surface area contributed by atoms with Gasteiger partial charge >= 0.3 is 6.18 Å². The molecule has 0 atom stereocenters. The number of hydrogen-bond donors (Lipinski definition) is 1. The van der Waals surface area contributed by atoms with Gasteiger partial charge in [0.2, 0.25) is 0 Å². The van der Waals surface area contributed by atoms with E-state index in [1.54, 1.807) is 36.1 Å². The number of fused-ring (bicyclic) bond motifs is 3. The van der Waals surface area contributed by atoms with Gasteiger partial charge in [0.1, 0.15) is 12.4 Å². The zero-order valence-electron chi connectivity index (χ0n) is 19.0. The van der Waals surface area contributed by atoms with Crippen molar-refractivity contribution in [3.8, 4) is 0 Å². The number of hydrazine groups is 1. The fourth-order valence-electron chi connectivity index (χ4n) is 4.11. The van der Waals surface area contributed by atoms with Crippen molar-refractivity contribution in [1.29, 1.82) is 0 Å². The second-order valence-electron chi connectivity index (χ2n) is 8.23. The van der Waals surface area contributed by atoms with E-state index in [2.05, 4.69) is 15.1 Å². The van der Waals surface area contributed by atoms with Crippen molar-refractivity contribution < 1.29 is 27.5 Å². The van der Waals surface area contributed by atoms with Crippen LogP contribution in [0.4, 0.5) is 19.0 Å². The molecule has 1 saturated heterocycles. The van der Waals surface area contributed by atoms with Gasteiger partial charge in [0.05, 0.1) is 53.6 Å². The summed E-state index contributed by atoms with van der Waals surface area (Å²) in [5.41, 5.74) is 6.79. The number of alkyl halides is 3. The maximum atomic E-state index is 13.7. The number of benzene rings is 1. The van der Waals surface area contributed by atoms with Crippen molar-refractivity contribution >= 4 is 39.4 Å². The summed E-state index contributed by atoms with van der Waals surface area (Å²) in [4.78, 5) is 34.5. The lowest BCUT2D eigenvalue weighted by atomic mass is 10.1. The average molecular weight is 499 g/mol. The number of aromatic nitrogens is 4. The number of carbonyl (C=O) groups excluding carboxylic acids is 2. The van der Waals surface area contributed by atoms with Gasteiger partial charge in [-0.1, -0.05) is 0 Å². The Kier molecular flexibility index (Phi) is 5.71. The maximum absolute atomic E-state index is 13.7. The molecule has 0 saturated carbocycles. The molecule has 5 rings (SSSR count). The number of carbonyl (C=O) groups is 2. The summed E-state index contributed by atoms with van der Waals surface area (Å²) in [7, 11) is 1.74. The summed E-state index contributed by atoms with van der Waals surface area (Å²) >= 11 is 0. The number of rotatable bonds is 4. The number of anilines is 1. The van der Waals surface area contributed by atoms with E-state index in [0.717, 1.165) is 6.07 Å². The molecule has 1 fully saturated rings. The molecule has 4 heterocycles. The molecule has 1 aliphatic heterocycles. The predicted octanol–water partition coefficient (Wildman–Crippen LogP) is 2.53. The molecule has 2 N–H and O–H groups in total. The molecule has 3 aromatic heterocycles. The minimum Gasteiger partial charge on any atom is -0.383 e. The molecular weight excluding hydrogens is 479 g/mol. The van der Waals surface area contributed by atoms with Gasteiger partial charge < -0.3 is 10.5 Å². The Morgan fingerprint density at radius 2 is 2.00 bits per heavy atom. The highest BCUT2D eigenvalue weighted by Gasteiger charge is 2.32. The van der Waals surface area contributed by atoms with Crippen LogP contribution in [0.25, 0.3) is 21.8 Å². The Bertz CT molecular complexity index is 1480. The highest BCUT2D eigenvalue weighted by atomic mass is 19.4. The largest absolute Gasteiger partial charge is 0.417 e. The van der Waals surface area contributed by atoms with Crippen LogP contribution in [-0.2, 0) is 29.3 Å². The van der Waals surface area contributed by atoms with E-state index in [1.165, 1.54) is 16.1 Å². The number of nitrogens with zero attached hydrogens (tertiary/aromatic N) is 6. The maximum Gasteiger partial charge on any atom is 0.417 e. The number of aryl methyl sites for hydroxylation is 1. The molecule has 10 nitrogen and oxygen atoms in total. The third-order valence-corrected chi connectivity index (χ3v) is 5.90. The van der Waals surface area contributed by atoms with Crippen molar-refractivity contribution in [1.82, 2.24) is 29.8 Å². The molecule has 0 unspecified atom stereocenters. The molecular formula is C23H20F3N7O3. The van der Waals surface area contributed by atoms with Crippen molar-refractivity contribution in [2.75, 3.05) is 25.5 Å². The molecule has 2 amide bonds. The van der Waals surface area contributed by atoms with Crippen LogP contribution in [0, 0.1) is 0 Å². The number of morpholine rings is 1. The van der Waals surface area contributed by atoms with Gasteiger partial charge in [-0.15, -0.1) is 0 Å². The smallest absolute Gasteiger partial charge is 0.383 e. The van der Waals surface area contributed by atoms with E-state index in [0.29, 0.717) is 33.8 Å². The van der Waals surface area contributed by atoms with Gasteiger partial charge in [-0.25, -0.2) is 15.0 Å². The molecule has 36 heavy (non-hydrogen) atoms. The first-order valence-corrected chi connectivity index (χ1v) is 10.9. The first-order valence-electron chi connectivity index (χ1n) is 10.9. The summed E-state index contributed by atoms with van der Waals surface area (Å²) in [6, 6.07) is 6.89. The first kappa shape index (κ1) is 23.5. The topological polar surface area (TPSA) is 119 Å². The van der Waals surface area contributed by atoms with Crippen LogP contribution >= 0.6 is 0 Å². The molecule has 1 aromatic carbocycles. The van der Waals surface area contributed by atoms with E-state index in [4.69, 9.17) is 10.5 Å². The lowest BCUT2D eigenvalue weighted by Gasteiger charge is -2.37. The minimum absolute atomic E-state index is 0.100. The SMILES string of the molecule is Cn1ncc2c(N)nc3ccc(C(=O)N(Cc4ccc(C(F)(F)F)cn4)N4CCOCC4=O)cc3c21. The van der Waals surface area contributed by atoms with Gasteiger partial charge in [0.25, 0.3) is 11.8 Å². The van der Waals surface area contributed by atoms with Crippen molar-refractivity contribution in [2.45, 2.75) is 12.7 Å². The van der Waals surface area contributed by atoms with E-state index < -0.39 is 23.6 Å². The summed E-state index contributed by atoms with van der Waals surface area (Å²) < 4.78 is 45.7. The fourth-order valence-corrected chi connectivity index (χ4v) is 4.11. The number of pyridine rings is 2. The third-order valence-electron chi connectivity index (χ3n) is 5.90. The summed E-state index contributed by atoms with van der Waals surface area (Å²) in [5.74, 6) is -0.689. The van der Waals surface area contributed by atoms with Gasteiger partial charge in [0.15, 0.2) is 0 Å². The second-order valence-corrected chi connectivity index (χ2v) is 8.23. The van der Waals surface area contributed by atoms with Crippen LogP contribution in [0.3, 0.4) is 0 Å². The Labute approximate surface area is 202 Å². The quantitative estimate of drug-likeness (QED) is 0.458. The minimum atomic E-state index is -4.54. The highest BCUT2D eigenvalue weighted by molar-refractivity contribution is 6.10. The summed E-state index contributed by atoms with van der Waals surface area (Å²) in [6.07, 6.45) is -2.26. The van der Waals surface area contributed by atoms with E-state index >= 15 is 0 Å². The van der Waals surface area contributed by atoms with E-state index in [-0.39, 0.29) is 37.6 Å². The summed E-state index contributed by atoms with van der Waals surface area (Å²) in [6.45, 7) is -0.141. The molecule has 13 heteroatoms. The van der Waals surface area contributed by atoms with Crippen LogP contribution in [0.5, 0.6) is 0 Å². The van der Waals surface area contributed by atoms with E-state index in [1.807, 2.05) is 0 Å². The summed E-state index contributed by atoms with van der Waals surface area (Å²) in [5, 5.41) is 7.89. The second kappa shape index (κ2) is 8.75. The number of nitrogens with two attached hydrogens (primary N) is 1. The van der Waals surface area contributed by atoms with Crippen molar-refractivity contribution in [3.05, 3.63) is 59.5 Å². The zero-order valence-corrected chi connectivity index (χ0v) is 19.0. The highest BCUT2D eigenvalue weighted by Crippen LogP contribution is 2.30. The zero-order chi connectivity index (χ0) is 25.6. The standard InChI is InChI=1S/C23H20F3N7O3/c1-31-20-16-8-13(2-5-18(16)30-21(27)17(20)10-29-31)22(35)33(32-6-7-36-12-19(32)34)11-15-4-3-14(9-28-15)23(24,25)26/h2-5,8-10H,6-7,11-12H2,1H3,(H2,27,30). The van der Waals surface area contributed by atoms with Gasteiger partial charge in [-0.05, 0) is 30.3 Å². The number of halogens is 3.